The van der Waals surface area contributed by atoms with Crippen LogP contribution < -0.4 is 5.73 Å². The minimum Gasteiger partial charge on any atom is -0.381 e. The maximum Gasteiger partial charge on any atom is 0.152 e. The number of Topliss-reactive ketones (excluding diaryl/α,β-unsaturated/α-hetero) is 1. The van der Waals surface area contributed by atoms with Crippen LogP contribution in [0.2, 0.25) is 0 Å². The number of rotatable bonds is 5. The van der Waals surface area contributed by atoms with Gasteiger partial charge in [0.25, 0.3) is 0 Å². The average molecular weight is 249 g/mol. The van der Waals surface area contributed by atoms with Gasteiger partial charge in [0.05, 0.1) is 11.8 Å². The Morgan fingerprint density at radius 2 is 2.00 bits per heavy atom. The summed E-state index contributed by atoms with van der Waals surface area (Å²) in [7, 11) is -3.04. The molecular formula is C10H19NO4S. The summed E-state index contributed by atoms with van der Waals surface area (Å²) in [6.45, 7) is 1.18. The zero-order valence-corrected chi connectivity index (χ0v) is 10.3. The summed E-state index contributed by atoms with van der Waals surface area (Å²) in [5.74, 6) is -0.0985. The van der Waals surface area contributed by atoms with Crippen molar-refractivity contribution in [3.05, 3.63) is 0 Å². The van der Waals surface area contributed by atoms with Crippen molar-refractivity contribution in [2.45, 2.75) is 25.3 Å². The van der Waals surface area contributed by atoms with Crippen molar-refractivity contribution in [2.24, 2.45) is 11.7 Å². The highest BCUT2D eigenvalue weighted by atomic mass is 32.2. The second kappa shape index (κ2) is 5.75. The minimum atomic E-state index is -3.04. The number of ether oxygens (including phenoxy) is 1. The summed E-state index contributed by atoms with van der Waals surface area (Å²) in [6.07, 6.45) is 2.77. The van der Waals surface area contributed by atoms with Crippen LogP contribution in [0.25, 0.3) is 0 Å². The van der Waals surface area contributed by atoms with Crippen LogP contribution in [-0.4, -0.2) is 45.5 Å². The van der Waals surface area contributed by atoms with Crippen molar-refractivity contribution in [1.29, 1.82) is 0 Å². The van der Waals surface area contributed by atoms with E-state index in [0.29, 0.717) is 26.1 Å². The van der Waals surface area contributed by atoms with E-state index in [4.69, 9.17) is 10.5 Å². The Hall–Kier alpha value is -0.460. The Balaban J connectivity index is 2.40. The fourth-order valence-electron chi connectivity index (χ4n) is 1.77. The summed E-state index contributed by atoms with van der Waals surface area (Å²) in [4.78, 5) is 11.8. The van der Waals surface area contributed by atoms with E-state index in [1.165, 1.54) is 0 Å². The summed E-state index contributed by atoms with van der Waals surface area (Å²) in [6, 6.07) is -0.655. The van der Waals surface area contributed by atoms with Gasteiger partial charge in [-0.15, -0.1) is 0 Å². The summed E-state index contributed by atoms with van der Waals surface area (Å²) in [5.41, 5.74) is 5.70. The molecule has 0 spiro atoms. The lowest BCUT2D eigenvalue weighted by Gasteiger charge is -2.23. The van der Waals surface area contributed by atoms with E-state index >= 15 is 0 Å². The highest BCUT2D eigenvalue weighted by Crippen LogP contribution is 2.17. The molecule has 1 aliphatic rings. The van der Waals surface area contributed by atoms with E-state index in [0.717, 1.165) is 6.26 Å². The zero-order chi connectivity index (χ0) is 12.2. The standard InChI is InChI=1S/C10H19NO4S/c1-16(13,14)7-4-9(11)10(12)8-2-5-15-6-3-8/h8-9H,2-7,11H2,1H3. The van der Waals surface area contributed by atoms with Gasteiger partial charge in [-0.05, 0) is 19.3 Å². The lowest BCUT2D eigenvalue weighted by atomic mass is 9.90. The largest absolute Gasteiger partial charge is 0.381 e. The van der Waals surface area contributed by atoms with Crippen LogP contribution in [0.4, 0.5) is 0 Å². The molecular weight excluding hydrogens is 230 g/mol. The summed E-state index contributed by atoms with van der Waals surface area (Å²) >= 11 is 0. The number of hydrogen-bond acceptors (Lipinski definition) is 5. The fourth-order valence-corrected chi connectivity index (χ4v) is 2.45. The van der Waals surface area contributed by atoms with Crippen molar-refractivity contribution >= 4 is 15.6 Å². The van der Waals surface area contributed by atoms with Crippen LogP contribution in [-0.2, 0) is 19.4 Å². The molecule has 5 nitrogen and oxygen atoms in total. The number of carbonyl (C=O) groups excluding carboxylic acids is 1. The lowest BCUT2D eigenvalue weighted by molar-refractivity contribution is -0.127. The molecule has 0 bridgehead atoms. The third-order valence-electron chi connectivity index (χ3n) is 2.79. The Bertz CT molecular complexity index is 333. The number of carbonyl (C=O) groups is 1. The smallest absolute Gasteiger partial charge is 0.152 e. The van der Waals surface area contributed by atoms with Gasteiger partial charge in [0.2, 0.25) is 0 Å². The normalized spacial score (nSPS) is 20.6. The molecule has 0 aliphatic carbocycles. The number of nitrogens with two attached hydrogens (primary N) is 1. The third-order valence-corrected chi connectivity index (χ3v) is 3.77. The second-order valence-corrected chi connectivity index (χ2v) is 6.57. The van der Waals surface area contributed by atoms with E-state index in [1.807, 2.05) is 0 Å². The quantitative estimate of drug-likeness (QED) is 0.725. The molecule has 1 heterocycles. The first-order valence-corrected chi connectivity index (χ1v) is 7.51. The molecule has 0 aromatic carbocycles. The Morgan fingerprint density at radius 1 is 1.44 bits per heavy atom. The maximum absolute atomic E-state index is 11.8. The van der Waals surface area contributed by atoms with Gasteiger partial charge in [0, 0.05) is 25.4 Å². The Kier molecular flexibility index (Phi) is 4.89. The van der Waals surface area contributed by atoms with Crippen LogP contribution in [0.15, 0.2) is 0 Å². The average Bonchev–Trinajstić information content (AvgIpc) is 2.25. The van der Waals surface area contributed by atoms with Crippen LogP contribution in [0.1, 0.15) is 19.3 Å². The Labute approximate surface area is 96.3 Å². The van der Waals surface area contributed by atoms with Gasteiger partial charge in [-0.2, -0.15) is 0 Å². The monoisotopic (exact) mass is 249 g/mol. The Morgan fingerprint density at radius 3 is 2.50 bits per heavy atom. The number of ketones is 1. The first-order valence-electron chi connectivity index (χ1n) is 5.45. The van der Waals surface area contributed by atoms with Crippen molar-refractivity contribution in [3.63, 3.8) is 0 Å². The summed E-state index contributed by atoms with van der Waals surface area (Å²) < 4.78 is 27.1. The molecule has 1 unspecified atom stereocenters. The van der Waals surface area contributed by atoms with Gasteiger partial charge in [-0.1, -0.05) is 0 Å². The van der Waals surface area contributed by atoms with Gasteiger partial charge in [-0.25, -0.2) is 8.42 Å². The first-order chi connectivity index (χ1) is 7.40. The van der Waals surface area contributed by atoms with Gasteiger partial charge < -0.3 is 10.5 Å². The van der Waals surface area contributed by atoms with Gasteiger partial charge >= 0.3 is 0 Å². The molecule has 2 N–H and O–H groups in total. The molecule has 1 rings (SSSR count). The van der Waals surface area contributed by atoms with E-state index in [1.54, 1.807) is 0 Å². The lowest BCUT2D eigenvalue weighted by Crippen LogP contribution is -2.39. The zero-order valence-electron chi connectivity index (χ0n) is 9.52. The highest BCUT2D eigenvalue weighted by Gasteiger charge is 2.26. The van der Waals surface area contributed by atoms with Gasteiger partial charge in [0.15, 0.2) is 5.78 Å². The maximum atomic E-state index is 11.8. The fraction of sp³-hybridized carbons (Fsp3) is 0.900. The van der Waals surface area contributed by atoms with E-state index in [9.17, 15) is 13.2 Å². The van der Waals surface area contributed by atoms with Crippen molar-refractivity contribution in [1.82, 2.24) is 0 Å². The highest BCUT2D eigenvalue weighted by molar-refractivity contribution is 7.90. The van der Waals surface area contributed by atoms with Gasteiger partial charge in [0.1, 0.15) is 9.84 Å². The molecule has 16 heavy (non-hydrogen) atoms. The topological polar surface area (TPSA) is 86.5 Å². The van der Waals surface area contributed by atoms with Crippen LogP contribution >= 0.6 is 0 Å². The minimum absolute atomic E-state index is 0.0213. The van der Waals surface area contributed by atoms with E-state index in [2.05, 4.69) is 0 Å². The number of sulfone groups is 1. The molecule has 94 valence electrons. The van der Waals surface area contributed by atoms with Crippen LogP contribution in [0.5, 0.6) is 0 Å². The molecule has 0 radical (unpaired) electrons. The van der Waals surface area contributed by atoms with Crippen molar-refractivity contribution in [2.75, 3.05) is 25.2 Å². The van der Waals surface area contributed by atoms with E-state index in [-0.39, 0.29) is 23.9 Å². The predicted molar refractivity (Wildman–Crippen MR) is 60.9 cm³/mol. The third kappa shape index (κ3) is 4.59. The molecule has 0 aromatic heterocycles. The predicted octanol–water partition coefficient (Wildman–Crippen LogP) is -0.256. The molecule has 1 atom stereocenters. The van der Waals surface area contributed by atoms with Crippen LogP contribution in [0.3, 0.4) is 0 Å². The van der Waals surface area contributed by atoms with Gasteiger partial charge in [-0.3, -0.25) is 4.79 Å². The molecule has 1 fully saturated rings. The molecule has 0 saturated carbocycles. The van der Waals surface area contributed by atoms with Crippen LogP contribution in [0, 0.1) is 5.92 Å². The molecule has 0 amide bonds. The molecule has 1 saturated heterocycles. The van der Waals surface area contributed by atoms with E-state index < -0.39 is 15.9 Å². The molecule has 1 aliphatic heterocycles. The first kappa shape index (κ1) is 13.6. The SMILES string of the molecule is CS(=O)(=O)CCC(N)C(=O)C1CCOCC1. The van der Waals surface area contributed by atoms with Crippen molar-refractivity contribution in [3.8, 4) is 0 Å². The second-order valence-electron chi connectivity index (χ2n) is 4.31. The molecule has 6 heteroatoms. The molecule has 0 aromatic rings. The van der Waals surface area contributed by atoms with Crippen molar-refractivity contribution < 1.29 is 17.9 Å². The number of hydrogen-bond donors (Lipinski definition) is 1. The summed E-state index contributed by atoms with van der Waals surface area (Å²) in [5, 5.41) is 0.